The van der Waals surface area contributed by atoms with Crippen LogP contribution in [0.1, 0.15) is 5.56 Å². The largest absolute Gasteiger partial charge is 0.346 e. The summed E-state index contributed by atoms with van der Waals surface area (Å²) in [6, 6.07) is 12.1. The smallest absolute Gasteiger partial charge is 0.147 e. The van der Waals surface area contributed by atoms with Gasteiger partial charge in [0.1, 0.15) is 11.9 Å². The molecule has 0 aliphatic heterocycles. The average Bonchev–Trinajstić information content (AvgIpc) is 2.95. The maximum atomic E-state index is 10.9. The van der Waals surface area contributed by atoms with Gasteiger partial charge in [0, 0.05) is 41.0 Å². The Bertz CT molecular complexity index is 803. The molecule has 0 atom stereocenters. The molecule has 2 heterocycles. The van der Waals surface area contributed by atoms with Gasteiger partial charge in [-0.15, -0.1) is 0 Å². The number of nitrogens with one attached hydrogen (secondary N) is 1. The van der Waals surface area contributed by atoms with Gasteiger partial charge in [-0.1, -0.05) is 30.3 Å². The van der Waals surface area contributed by atoms with Gasteiger partial charge in [0.05, 0.1) is 0 Å². The van der Waals surface area contributed by atoms with Crippen molar-refractivity contribution in [1.82, 2.24) is 9.97 Å². The number of rotatable bonds is 4. The summed E-state index contributed by atoms with van der Waals surface area (Å²) >= 11 is 0. The maximum absolute atomic E-state index is 10.9. The average molecular weight is 277 g/mol. The van der Waals surface area contributed by atoms with Crippen LogP contribution in [-0.4, -0.2) is 22.8 Å². The zero-order chi connectivity index (χ0) is 14.7. The lowest BCUT2D eigenvalue weighted by atomic mass is 10.1. The molecule has 0 saturated carbocycles. The molecule has 21 heavy (non-hydrogen) atoms. The van der Waals surface area contributed by atoms with E-state index in [1.807, 2.05) is 42.7 Å². The van der Waals surface area contributed by atoms with Gasteiger partial charge >= 0.3 is 0 Å². The molecule has 4 heteroatoms. The molecule has 0 aliphatic rings. The lowest BCUT2D eigenvalue weighted by Crippen LogP contribution is -2.03. The van der Waals surface area contributed by atoms with E-state index < -0.39 is 0 Å². The quantitative estimate of drug-likeness (QED) is 0.569. The summed E-state index contributed by atoms with van der Waals surface area (Å²) in [5.74, 6) is 0. The van der Waals surface area contributed by atoms with E-state index in [4.69, 9.17) is 5.73 Å². The van der Waals surface area contributed by atoms with Gasteiger partial charge in [0.15, 0.2) is 0 Å². The topological polar surface area (TPSA) is 71.8 Å². The number of fused-ring (bicyclic) bond motifs is 1. The molecular formula is C17H15N3O. The first-order valence-electron chi connectivity index (χ1n) is 6.70. The molecule has 0 amide bonds. The summed E-state index contributed by atoms with van der Waals surface area (Å²) in [6.45, 7) is 0.224. The third kappa shape index (κ3) is 2.61. The Labute approximate surface area is 122 Å². The van der Waals surface area contributed by atoms with Crippen LogP contribution >= 0.6 is 0 Å². The molecule has 0 bridgehead atoms. The number of aromatic amines is 1. The molecule has 0 aliphatic carbocycles. The monoisotopic (exact) mass is 277 g/mol. The lowest BCUT2D eigenvalue weighted by Gasteiger charge is -2.02. The van der Waals surface area contributed by atoms with Gasteiger partial charge in [-0.2, -0.15) is 0 Å². The van der Waals surface area contributed by atoms with E-state index in [1.165, 1.54) is 0 Å². The molecule has 0 radical (unpaired) electrons. The number of carbonyl (C=O) groups is 1. The molecule has 0 saturated heterocycles. The molecule has 4 nitrogen and oxygen atoms in total. The van der Waals surface area contributed by atoms with Crippen molar-refractivity contribution >= 4 is 23.4 Å². The van der Waals surface area contributed by atoms with Gasteiger partial charge in [-0.05, 0) is 17.7 Å². The van der Waals surface area contributed by atoms with Crippen LogP contribution in [0.3, 0.4) is 0 Å². The number of hydrogen-bond donors (Lipinski definition) is 2. The highest BCUT2D eigenvalue weighted by molar-refractivity contribution is 5.93. The number of nitrogens with two attached hydrogens (primary N) is 1. The zero-order valence-corrected chi connectivity index (χ0v) is 11.4. The van der Waals surface area contributed by atoms with Gasteiger partial charge in [0.25, 0.3) is 0 Å². The van der Waals surface area contributed by atoms with E-state index in [-0.39, 0.29) is 6.54 Å². The second kappa shape index (κ2) is 5.73. The van der Waals surface area contributed by atoms with Crippen LogP contribution in [0.2, 0.25) is 0 Å². The first-order valence-corrected chi connectivity index (χ1v) is 6.70. The fourth-order valence-corrected chi connectivity index (χ4v) is 2.27. The van der Waals surface area contributed by atoms with Gasteiger partial charge in [-0.3, -0.25) is 4.79 Å². The molecule has 2 aromatic heterocycles. The summed E-state index contributed by atoms with van der Waals surface area (Å²) in [5.41, 5.74) is 9.96. The molecule has 3 rings (SSSR count). The van der Waals surface area contributed by atoms with Crippen LogP contribution in [0.25, 0.3) is 28.2 Å². The highest BCUT2D eigenvalue weighted by Gasteiger charge is 2.06. The third-order valence-corrected chi connectivity index (χ3v) is 3.40. The maximum Gasteiger partial charge on any atom is 0.147 e. The minimum absolute atomic E-state index is 0.224. The fourth-order valence-electron chi connectivity index (χ4n) is 2.27. The molecule has 0 spiro atoms. The van der Waals surface area contributed by atoms with Crippen LogP contribution in [-0.2, 0) is 4.79 Å². The van der Waals surface area contributed by atoms with E-state index in [2.05, 4.69) is 16.0 Å². The Kier molecular flexibility index (Phi) is 3.62. The summed E-state index contributed by atoms with van der Waals surface area (Å²) < 4.78 is 0. The number of nitrogens with zero attached hydrogens (tertiary/aromatic N) is 1. The number of pyridine rings is 1. The Morgan fingerprint density at radius 2 is 2.05 bits per heavy atom. The van der Waals surface area contributed by atoms with Crippen molar-refractivity contribution in [3.63, 3.8) is 0 Å². The van der Waals surface area contributed by atoms with E-state index in [0.29, 0.717) is 5.57 Å². The Morgan fingerprint density at radius 3 is 2.76 bits per heavy atom. The normalized spacial score (nSPS) is 11.8. The standard InChI is InChI=1S/C17H15N3O/c18-8-12(11-21)6-15-10-20-17-16(15)7-14(9-19-17)13-4-2-1-3-5-13/h1-7,9-11H,8,18H2,(H,19,20). The predicted molar refractivity (Wildman–Crippen MR) is 84.6 cm³/mol. The third-order valence-electron chi connectivity index (χ3n) is 3.40. The summed E-state index contributed by atoms with van der Waals surface area (Å²) in [4.78, 5) is 18.5. The minimum Gasteiger partial charge on any atom is -0.346 e. The van der Waals surface area contributed by atoms with E-state index >= 15 is 0 Å². The summed E-state index contributed by atoms with van der Waals surface area (Å²) in [5, 5.41) is 0.976. The van der Waals surface area contributed by atoms with Crippen molar-refractivity contribution in [3.8, 4) is 11.1 Å². The molecule has 1 aromatic carbocycles. The van der Waals surface area contributed by atoms with Crippen molar-refractivity contribution in [2.75, 3.05) is 6.54 Å². The molecule has 0 unspecified atom stereocenters. The van der Waals surface area contributed by atoms with Gasteiger partial charge in [-0.25, -0.2) is 4.98 Å². The van der Waals surface area contributed by atoms with Crippen LogP contribution in [0, 0.1) is 0 Å². The van der Waals surface area contributed by atoms with E-state index in [1.54, 1.807) is 6.08 Å². The SMILES string of the molecule is NCC(C=O)=Cc1c[nH]c2ncc(-c3ccccc3)cc12. The molecular weight excluding hydrogens is 262 g/mol. The Balaban J connectivity index is 2.12. The van der Waals surface area contributed by atoms with E-state index in [9.17, 15) is 4.79 Å². The highest BCUT2D eigenvalue weighted by Crippen LogP contribution is 2.25. The number of aromatic nitrogens is 2. The second-order valence-corrected chi connectivity index (χ2v) is 4.77. The Morgan fingerprint density at radius 1 is 1.24 bits per heavy atom. The van der Waals surface area contributed by atoms with Gasteiger partial charge in [0.2, 0.25) is 0 Å². The van der Waals surface area contributed by atoms with Crippen molar-refractivity contribution in [1.29, 1.82) is 0 Å². The van der Waals surface area contributed by atoms with E-state index in [0.717, 1.165) is 34.0 Å². The van der Waals surface area contributed by atoms with Crippen molar-refractivity contribution < 1.29 is 4.79 Å². The molecule has 3 aromatic rings. The summed E-state index contributed by atoms with van der Waals surface area (Å²) in [6.07, 6.45) is 6.26. The minimum atomic E-state index is 0.224. The number of hydrogen-bond acceptors (Lipinski definition) is 3. The number of benzene rings is 1. The van der Waals surface area contributed by atoms with Crippen molar-refractivity contribution in [2.24, 2.45) is 5.73 Å². The van der Waals surface area contributed by atoms with Crippen LogP contribution < -0.4 is 5.73 Å². The highest BCUT2D eigenvalue weighted by atomic mass is 16.1. The van der Waals surface area contributed by atoms with Crippen molar-refractivity contribution in [2.45, 2.75) is 0 Å². The van der Waals surface area contributed by atoms with Gasteiger partial charge < -0.3 is 10.7 Å². The lowest BCUT2D eigenvalue weighted by molar-refractivity contribution is -0.104. The Hall–Kier alpha value is -2.72. The molecule has 3 N–H and O–H groups in total. The molecule has 104 valence electrons. The first-order chi connectivity index (χ1) is 10.3. The number of aldehydes is 1. The first kappa shape index (κ1) is 13.3. The van der Waals surface area contributed by atoms with Crippen molar-refractivity contribution in [3.05, 3.63) is 59.9 Å². The predicted octanol–water partition coefficient (Wildman–Crippen LogP) is 2.77. The van der Waals surface area contributed by atoms with Crippen LogP contribution in [0.5, 0.6) is 0 Å². The fraction of sp³-hybridized carbons (Fsp3) is 0.0588. The summed E-state index contributed by atoms with van der Waals surface area (Å²) in [7, 11) is 0. The zero-order valence-electron chi connectivity index (χ0n) is 11.4. The van der Waals surface area contributed by atoms with Crippen LogP contribution in [0.15, 0.2) is 54.4 Å². The number of H-pyrrole nitrogens is 1. The van der Waals surface area contributed by atoms with Crippen LogP contribution in [0.4, 0.5) is 0 Å². The second-order valence-electron chi connectivity index (χ2n) is 4.77. The molecule has 0 fully saturated rings. The number of carbonyl (C=O) groups excluding carboxylic acids is 1.